The summed E-state index contributed by atoms with van der Waals surface area (Å²) in [5.41, 5.74) is 5.68. The second-order valence-electron chi connectivity index (χ2n) is 3.23. The lowest BCUT2D eigenvalue weighted by Gasteiger charge is -2.09. The van der Waals surface area contributed by atoms with Gasteiger partial charge in [0, 0.05) is 5.56 Å². The van der Waals surface area contributed by atoms with Crippen LogP contribution in [0.25, 0.3) is 0 Å². The Hall–Kier alpha value is -0.970. The molecule has 1 rings (SSSR count). The largest absolute Gasteiger partial charge is 0.394 e. The lowest BCUT2D eigenvalue weighted by Crippen LogP contribution is -2.34. The Morgan fingerprint density at radius 3 is 2.80 bits per heavy atom. The summed E-state index contributed by atoms with van der Waals surface area (Å²) >= 11 is 5.77. The van der Waals surface area contributed by atoms with E-state index in [0.717, 1.165) is 6.07 Å². The van der Waals surface area contributed by atoms with Crippen molar-refractivity contribution >= 4 is 17.4 Å². The van der Waals surface area contributed by atoms with Crippen LogP contribution in [-0.4, -0.2) is 23.5 Å². The van der Waals surface area contributed by atoms with Crippen LogP contribution in [0.2, 0.25) is 5.02 Å². The number of hydrogen-bond acceptors (Lipinski definition) is 3. The first-order valence-electron chi connectivity index (χ1n) is 4.33. The van der Waals surface area contributed by atoms with Crippen molar-refractivity contribution < 1.29 is 14.3 Å². The second-order valence-corrected chi connectivity index (χ2v) is 3.64. The number of aliphatic hydroxyl groups excluding tert-OH is 1. The maximum Gasteiger partial charge on any atom is 0.183 e. The van der Waals surface area contributed by atoms with Crippen molar-refractivity contribution in [3.05, 3.63) is 34.1 Å². The molecule has 0 spiro atoms. The number of ketones is 1. The highest BCUT2D eigenvalue weighted by Crippen LogP contribution is 2.21. The van der Waals surface area contributed by atoms with Crippen LogP contribution >= 0.6 is 11.6 Å². The Bertz CT molecular complexity index is 395. The molecule has 0 fully saturated rings. The molecular weight excluding hydrogens is 221 g/mol. The molecule has 5 heteroatoms. The van der Waals surface area contributed by atoms with E-state index >= 15 is 0 Å². The number of carbonyl (C=O) groups is 1. The van der Waals surface area contributed by atoms with Gasteiger partial charge in [-0.3, -0.25) is 4.79 Å². The van der Waals surface area contributed by atoms with Crippen molar-refractivity contribution in [3.63, 3.8) is 0 Å². The number of carbonyl (C=O) groups excluding carboxylic acids is 1. The summed E-state index contributed by atoms with van der Waals surface area (Å²) < 4.78 is 13.2. The number of aryl methyl sites for hydroxylation is 1. The molecule has 0 aliphatic rings. The van der Waals surface area contributed by atoms with E-state index in [4.69, 9.17) is 22.4 Å². The molecule has 0 aromatic heterocycles. The molecule has 1 unspecified atom stereocenters. The van der Waals surface area contributed by atoms with Crippen LogP contribution in [0, 0.1) is 12.7 Å². The van der Waals surface area contributed by atoms with E-state index < -0.39 is 24.2 Å². The van der Waals surface area contributed by atoms with Crippen LogP contribution in [0.15, 0.2) is 12.1 Å². The van der Waals surface area contributed by atoms with E-state index in [9.17, 15) is 9.18 Å². The smallest absolute Gasteiger partial charge is 0.183 e. The normalized spacial score (nSPS) is 12.6. The van der Waals surface area contributed by atoms with Gasteiger partial charge in [-0.1, -0.05) is 11.6 Å². The van der Waals surface area contributed by atoms with Crippen LogP contribution in [-0.2, 0) is 0 Å². The third kappa shape index (κ3) is 2.53. The number of hydrogen-bond donors (Lipinski definition) is 2. The molecule has 3 nitrogen and oxygen atoms in total. The maximum atomic E-state index is 13.2. The van der Waals surface area contributed by atoms with Crippen molar-refractivity contribution in [1.29, 1.82) is 0 Å². The summed E-state index contributed by atoms with van der Waals surface area (Å²) in [5, 5.41) is 8.84. The van der Waals surface area contributed by atoms with Gasteiger partial charge in [-0.25, -0.2) is 4.39 Å². The maximum absolute atomic E-state index is 13.2. The average Bonchev–Trinajstić information content (AvgIpc) is 2.21. The number of rotatable bonds is 3. The molecule has 0 heterocycles. The summed E-state index contributed by atoms with van der Waals surface area (Å²) in [5.74, 6) is -1.09. The molecule has 1 aromatic rings. The van der Waals surface area contributed by atoms with Gasteiger partial charge in [-0.15, -0.1) is 0 Å². The molecule has 15 heavy (non-hydrogen) atoms. The zero-order chi connectivity index (χ0) is 11.6. The van der Waals surface area contributed by atoms with Crippen LogP contribution in [0.5, 0.6) is 0 Å². The summed E-state index contributed by atoms with van der Waals surface area (Å²) in [4.78, 5) is 11.5. The van der Waals surface area contributed by atoms with Crippen LogP contribution in [0.3, 0.4) is 0 Å². The molecule has 0 radical (unpaired) electrons. The zero-order valence-electron chi connectivity index (χ0n) is 8.13. The Morgan fingerprint density at radius 1 is 1.67 bits per heavy atom. The lowest BCUT2D eigenvalue weighted by molar-refractivity contribution is 0.0925. The van der Waals surface area contributed by atoms with E-state index in [2.05, 4.69) is 0 Å². The predicted octanol–water partition coefficient (Wildman–Crippen LogP) is 1.29. The molecule has 3 N–H and O–H groups in total. The summed E-state index contributed by atoms with van der Waals surface area (Å²) in [6.07, 6.45) is 0. The van der Waals surface area contributed by atoms with Gasteiger partial charge in [0.05, 0.1) is 17.7 Å². The highest BCUT2D eigenvalue weighted by atomic mass is 35.5. The van der Waals surface area contributed by atoms with Crippen LogP contribution < -0.4 is 5.73 Å². The molecule has 82 valence electrons. The fraction of sp³-hybridized carbons (Fsp3) is 0.300. The summed E-state index contributed by atoms with van der Waals surface area (Å²) in [7, 11) is 0. The molecule has 0 saturated heterocycles. The Balaban J connectivity index is 3.15. The van der Waals surface area contributed by atoms with Gasteiger partial charge in [0.2, 0.25) is 0 Å². The van der Waals surface area contributed by atoms with Crippen LogP contribution in [0.1, 0.15) is 15.9 Å². The molecule has 0 bridgehead atoms. The number of benzene rings is 1. The summed E-state index contributed by atoms with van der Waals surface area (Å²) in [6, 6.07) is 1.33. The van der Waals surface area contributed by atoms with Crippen molar-refractivity contribution in [2.75, 3.05) is 6.61 Å². The molecule has 0 aliphatic heterocycles. The minimum Gasteiger partial charge on any atom is -0.394 e. The monoisotopic (exact) mass is 231 g/mol. The van der Waals surface area contributed by atoms with E-state index in [1.165, 1.54) is 6.07 Å². The van der Waals surface area contributed by atoms with E-state index in [-0.39, 0.29) is 10.6 Å². The van der Waals surface area contributed by atoms with E-state index in [1.54, 1.807) is 6.92 Å². The van der Waals surface area contributed by atoms with Crippen molar-refractivity contribution in [3.8, 4) is 0 Å². The molecular formula is C10H11ClFNO2. The van der Waals surface area contributed by atoms with Crippen molar-refractivity contribution in [1.82, 2.24) is 0 Å². The van der Waals surface area contributed by atoms with Crippen molar-refractivity contribution in [2.45, 2.75) is 13.0 Å². The minimum absolute atomic E-state index is 0.00122. The molecule has 1 aromatic carbocycles. The first kappa shape index (κ1) is 12.1. The first-order chi connectivity index (χ1) is 6.97. The van der Waals surface area contributed by atoms with Gasteiger partial charge < -0.3 is 10.8 Å². The third-order valence-electron chi connectivity index (χ3n) is 2.05. The number of nitrogens with two attached hydrogens (primary N) is 1. The number of halogens is 2. The number of aliphatic hydroxyl groups is 1. The SMILES string of the molecule is Cc1cc(Cl)c(C(=O)C(N)CO)cc1F. The highest BCUT2D eigenvalue weighted by Gasteiger charge is 2.19. The van der Waals surface area contributed by atoms with Gasteiger partial charge >= 0.3 is 0 Å². The molecule has 0 saturated carbocycles. The van der Waals surface area contributed by atoms with E-state index in [1.807, 2.05) is 0 Å². The molecule has 1 atom stereocenters. The fourth-order valence-corrected chi connectivity index (χ4v) is 1.43. The van der Waals surface area contributed by atoms with Gasteiger partial charge in [0.25, 0.3) is 0 Å². The Kier molecular flexibility index (Phi) is 3.79. The molecule has 0 amide bonds. The van der Waals surface area contributed by atoms with Crippen molar-refractivity contribution in [2.24, 2.45) is 5.73 Å². The first-order valence-corrected chi connectivity index (χ1v) is 4.71. The number of Topliss-reactive ketones (excluding diaryl/α,β-unsaturated/α-hetero) is 1. The third-order valence-corrected chi connectivity index (χ3v) is 2.36. The zero-order valence-corrected chi connectivity index (χ0v) is 8.88. The minimum atomic E-state index is -1.07. The summed E-state index contributed by atoms with van der Waals surface area (Å²) in [6.45, 7) is 1.05. The second kappa shape index (κ2) is 4.70. The van der Waals surface area contributed by atoms with Gasteiger partial charge in [-0.05, 0) is 24.6 Å². The standard InChI is InChI=1S/C10H11ClFNO2/c1-5-2-7(11)6(3-8(5)12)10(15)9(13)4-14/h2-3,9,14H,4,13H2,1H3. The van der Waals surface area contributed by atoms with Gasteiger partial charge in [-0.2, -0.15) is 0 Å². The fourth-order valence-electron chi connectivity index (χ4n) is 1.12. The molecule has 0 aliphatic carbocycles. The Morgan fingerprint density at radius 2 is 2.27 bits per heavy atom. The van der Waals surface area contributed by atoms with Gasteiger partial charge in [0.1, 0.15) is 5.82 Å². The lowest BCUT2D eigenvalue weighted by atomic mass is 10.0. The quantitative estimate of drug-likeness (QED) is 0.771. The topological polar surface area (TPSA) is 63.3 Å². The van der Waals surface area contributed by atoms with Gasteiger partial charge in [0.15, 0.2) is 5.78 Å². The average molecular weight is 232 g/mol. The predicted molar refractivity (Wildman–Crippen MR) is 55.5 cm³/mol. The highest BCUT2D eigenvalue weighted by molar-refractivity contribution is 6.34. The Labute approximate surface area is 91.7 Å². The van der Waals surface area contributed by atoms with Crippen LogP contribution in [0.4, 0.5) is 4.39 Å². The van der Waals surface area contributed by atoms with E-state index in [0.29, 0.717) is 5.56 Å².